The number of benzene rings is 11. The van der Waals surface area contributed by atoms with Gasteiger partial charge in [0.05, 0.1) is 11.3 Å². The van der Waals surface area contributed by atoms with Crippen molar-refractivity contribution in [2.24, 2.45) is 0 Å². The molecular formula is C69H48N4. The van der Waals surface area contributed by atoms with Crippen LogP contribution in [0.5, 0.6) is 0 Å². The minimum atomic E-state index is 0.542. The second-order valence-electron chi connectivity index (χ2n) is 17.9. The van der Waals surface area contributed by atoms with Crippen molar-refractivity contribution in [3.63, 3.8) is 0 Å². The molecule has 0 aliphatic rings. The van der Waals surface area contributed by atoms with E-state index in [0.717, 1.165) is 101 Å². The van der Waals surface area contributed by atoms with E-state index in [1.54, 1.807) is 0 Å². The molecule has 1 aromatic heterocycles. The van der Waals surface area contributed by atoms with Gasteiger partial charge in [0.25, 0.3) is 0 Å². The van der Waals surface area contributed by atoms with Crippen LogP contribution < -0.4 is 4.90 Å². The Morgan fingerprint density at radius 3 is 0.918 bits per heavy atom. The zero-order chi connectivity index (χ0) is 48.8. The largest absolute Gasteiger partial charge is 0.309 e. The molecule has 0 unspecified atom stereocenters. The maximum atomic E-state index is 5.66. The van der Waals surface area contributed by atoms with Gasteiger partial charge in [-0.05, 0) is 74.3 Å². The first kappa shape index (κ1) is 44.4. The monoisotopic (exact) mass is 932 g/mol. The average molecular weight is 933 g/mol. The van der Waals surface area contributed by atoms with E-state index in [1.807, 2.05) is 36.4 Å². The third kappa shape index (κ3) is 9.02. The van der Waals surface area contributed by atoms with E-state index in [4.69, 9.17) is 15.0 Å². The maximum Gasteiger partial charge on any atom is 0.166 e. The zero-order valence-corrected chi connectivity index (χ0v) is 40.0. The summed E-state index contributed by atoms with van der Waals surface area (Å²) in [5.41, 5.74) is 18.4. The molecule has 0 saturated carbocycles. The highest BCUT2D eigenvalue weighted by Gasteiger charge is 2.34. The van der Waals surface area contributed by atoms with Gasteiger partial charge in [0.1, 0.15) is 0 Å². The van der Waals surface area contributed by atoms with E-state index >= 15 is 0 Å². The predicted octanol–water partition coefficient (Wildman–Crippen LogP) is 18.3. The van der Waals surface area contributed by atoms with Crippen LogP contribution in [0.4, 0.5) is 17.1 Å². The number of aromatic nitrogens is 3. The van der Waals surface area contributed by atoms with Crippen molar-refractivity contribution in [3.05, 3.63) is 291 Å². The minimum absolute atomic E-state index is 0.542. The maximum absolute atomic E-state index is 5.66. The van der Waals surface area contributed by atoms with Gasteiger partial charge in [-0.2, -0.15) is 0 Å². The van der Waals surface area contributed by atoms with Crippen molar-refractivity contribution in [2.75, 3.05) is 4.90 Å². The molecule has 0 aliphatic heterocycles. The topological polar surface area (TPSA) is 41.9 Å². The summed E-state index contributed by atoms with van der Waals surface area (Å²) >= 11 is 0. The zero-order valence-electron chi connectivity index (χ0n) is 40.0. The van der Waals surface area contributed by atoms with Crippen LogP contribution in [-0.2, 0) is 0 Å². The minimum Gasteiger partial charge on any atom is -0.309 e. The summed E-state index contributed by atoms with van der Waals surface area (Å²) in [6.45, 7) is 0. The number of rotatable bonds is 12. The molecule has 0 N–H and O–H groups in total. The van der Waals surface area contributed by atoms with Gasteiger partial charge in [-0.15, -0.1) is 0 Å². The Labute approximate surface area is 426 Å². The van der Waals surface area contributed by atoms with Crippen molar-refractivity contribution in [2.45, 2.75) is 0 Å². The van der Waals surface area contributed by atoms with Crippen molar-refractivity contribution in [1.82, 2.24) is 15.0 Å². The van der Waals surface area contributed by atoms with Gasteiger partial charge in [-0.3, -0.25) is 0 Å². The Bertz CT molecular complexity index is 3720. The van der Waals surface area contributed by atoms with Gasteiger partial charge in [-0.1, -0.05) is 267 Å². The highest BCUT2D eigenvalue weighted by molar-refractivity contribution is 6.15. The molecule has 12 rings (SSSR count). The SMILES string of the molecule is c1ccc(-c2ccc(N(c3cccc(-c4ccccc4)c3)c3c(-c4ccccc4)c(-c4ccccc4)c(-c4ccccc4)c(-c4ccccc4)c3-c3nc(-c4ccccc4)nc(-c4ccccc4)n3)cc2)cc1. The first-order valence-corrected chi connectivity index (χ1v) is 24.7. The van der Waals surface area contributed by atoms with Crippen molar-refractivity contribution in [3.8, 4) is 101 Å². The van der Waals surface area contributed by atoms with Crippen LogP contribution in [0.3, 0.4) is 0 Å². The normalized spacial score (nSPS) is 11.0. The van der Waals surface area contributed by atoms with Crippen LogP contribution in [0, 0.1) is 0 Å². The van der Waals surface area contributed by atoms with Gasteiger partial charge in [0.15, 0.2) is 17.5 Å². The first-order valence-electron chi connectivity index (χ1n) is 24.7. The van der Waals surface area contributed by atoms with Crippen LogP contribution in [-0.4, -0.2) is 15.0 Å². The first-order chi connectivity index (χ1) is 36.2. The predicted molar refractivity (Wildman–Crippen MR) is 303 cm³/mol. The number of nitrogens with zero attached hydrogens (tertiary/aromatic N) is 4. The summed E-state index contributed by atoms with van der Waals surface area (Å²) in [7, 11) is 0. The molecule has 73 heavy (non-hydrogen) atoms. The third-order valence-electron chi connectivity index (χ3n) is 13.3. The molecule has 4 heteroatoms. The lowest BCUT2D eigenvalue weighted by Gasteiger charge is -2.35. The number of anilines is 3. The molecule has 0 spiro atoms. The van der Waals surface area contributed by atoms with Gasteiger partial charge in [0.2, 0.25) is 0 Å². The molecule has 0 fully saturated rings. The van der Waals surface area contributed by atoms with Crippen LogP contribution in [0.15, 0.2) is 291 Å². The van der Waals surface area contributed by atoms with Crippen LogP contribution in [0.25, 0.3) is 101 Å². The summed E-state index contributed by atoms with van der Waals surface area (Å²) in [5.74, 6) is 1.70. The molecule has 0 bridgehead atoms. The standard InChI is InChI=1S/C69H48N4/c1-9-26-49(27-10-1)51-44-46-59(47-45-51)73(60-43-25-42-58(48-60)50-28-11-2-12-29-50)66-64(55-36-19-6-20-37-55)62(53-32-15-4-16-33-53)61(52-30-13-3-14-31-52)63(54-34-17-5-18-35-54)65(66)69-71-67(56-38-21-7-22-39-56)70-68(72-69)57-40-23-8-24-41-57/h1-48H. The summed E-state index contributed by atoms with van der Waals surface area (Å²) in [4.78, 5) is 19.0. The van der Waals surface area contributed by atoms with Gasteiger partial charge in [0, 0.05) is 39.2 Å². The second-order valence-corrected chi connectivity index (χ2v) is 17.9. The third-order valence-corrected chi connectivity index (χ3v) is 13.3. The Hall–Kier alpha value is -9.77. The highest BCUT2D eigenvalue weighted by Crippen LogP contribution is 2.58. The lowest BCUT2D eigenvalue weighted by molar-refractivity contribution is 1.07. The summed E-state index contributed by atoms with van der Waals surface area (Å²) < 4.78 is 0. The lowest BCUT2D eigenvalue weighted by Crippen LogP contribution is -2.16. The second kappa shape index (κ2) is 20.3. The fourth-order valence-electron chi connectivity index (χ4n) is 9.96. The Balaban J connectivity index is 1.33. The lowest BCUT2D eigenvalue weighted by atomic mass is 9.78. The Kier molecular flexibility index (Phi) is 12.4. The van der Waals surface area contributed by atoms with Crippen LogP contribution >= 0.6 is 0 Å². The van der Waals surface area contributed by atoms with Gasteiger partial charge < -0.3 is 4.90 Å². The summed E-state index contributed by atoms with van der Waals surface area (Å²) in [6, 6.07) is 103. The van der Waals surface area contributed by atoms with E-state index in [2.05, 4.69) is 260 Å². The number of hydrogen-bond donors (Lipinski definition) is 0. The molecule has 344 valence electrons. The molecule has 0 saturated heterocycles. The van der Waals surface area contributed by atoms with Crippen LogP contribution in [0.1, 0.15) is 0 Å². The Morgan fingerprint density at radius 2 is 0.493 bits per heavy atom. The van der Waals surface area contributed by atoms with Crippen LogP contribution in [0.2, 0.25) is 0 Å². The number of hydrogen-bond acceptors (Lipinski definition) is 4. The van der Waals surface area contributed by atoms with E-state index in [0.29, 0.717) is 17.5 Å². The van der Waals surface area contributed by atoms with Crippen molar-refractivity contribution >= 4 is 17.1 Å². The quantitative estimate of drug-likeness (QED) is 0.122. The fraction of sp³-hybridized carbons (Fsp3) is 0. The molecular weight excluding hydrogens is 885 g/mol. The molecule has 0 aliphatic carbocycles. The summed E-state index contributed by atoms with van der Waals surface area (Å²) in [6.07, 6.45) is 0. The Morgan fingerprint density at radius 1 is 0.192 bits per heavy atom. The van der Waals surface area contributed by atoms with Crippen molar-refractivity contribution < 1.29 is 0 Å². The molecule has 0 atom stereocenters. The molecule has 0 radical (unpaired) electrons. The molecule has 1 heterocycles. The van der Waals surface area contributed by atoms with Gasteiger partial charge >= 0.3 is 0 Å². The molecule has 0 amide bonds. The van der Waals surface area contributed by atoms with E-state index in [1.165, 1.54) is 0 Å². The molecule has 11 aromatic carbocycles. The summed E-state index contributed by atoms with van der Waals surface area (Å²) in [5, 5.41) is 0. The average Bonchev–Trinajstić information content (AvgIpc) is 3.49. The van der Waals surface area contributed by atoms with E-state index < -0.39 is 0 Å². The van der Waals surface area contributed by atoms with Crippen molar-refractivity contribution in [1.29, 1.82) is 0 Å². The molecule has 12 aromatic rings. The van der Waals surface area contributed by atoms with E-state index in [9.17, 15) is 0 Å². The smallest absolute Gasteiger partial charge is 0.166 e. The van der Waals surface area contributed by atoms with E-state index in [-0.39, 0.29) is 0 Å². The fourth-order valence-corrected chi connectivity index (χ4v) is 9.96. The molecule has 4 nitrogen and oxygen atoms in total. The highest BCUT2D eigenvalue weighted by atomic mass is 15.2. The van der Waals surface area contributed by atoms with Gasteiger partial charge in [-0.25, -0.2) is 15.0 Å².